The van der Waals surface area contributed by atoms with Crippen LogP contribution < -0.4 is 9.47 Å². The molecule has 1 aromatic heterocycles. The molecule has 1 fully saturated rings. The number of H-pyrrole nitrogens is 1. The molecule has 2 aromatic carbocycles. The third-order valence-corrected chi connectivity index (χ3v) is 5.90. The summed E-state index contributed by atoms with van der Waals surface area (Å²) in [6, 6.07) is 13.5. The Morgan fingerprint density at radius 2 is 1.74 bits per heavy atom. The molecular formula is C24H30N2O8. The summed E-state index contributed by atoms with van der Waals surface area (Å²) < 4.78 is 16.8. The molecule has 184 valence electrons. The number of nitrogens with zero attached hydrogens (tertiary/aromatic N) is 1. The molecule has 0 saturated carbocycles. The van der Waals surface area contributed by atoms with Crippen LogP contribution in [0.3, 0.4) is 0 Å². The highest BCUT2D eigenvalue weighted by Crippen LogP contribution is 2.31. The quantitative estimate of drug-likeness (QED) is 0.227. The smallest absolute Gasteiger partial charge is 0.243 e. The number of aromatic nitrogens is 2. The molecule has 5 atom stereocenters. The molecule has 34 heavy (non-hydrogen) atoms. The van der Waals surface area contributed by atoms with Gasteiger partial charge in [-0.25, -0.2) is 0 Å². The highest BCUT2D eigenvalue weighted by molar-refractivity contribution is 5.87. The molecule has 0 amide bonds. The van der Waals surface area contributed by atoms with E-state index in [1.54, 1.807) is 0 Å². The Hall–Kier alpha value is -2.73. The van der Waals surface area contributed by atoms with Crippen molar-refractivity contribution in [2.24, 2.45) is 0 Å². The van der Waals surface area contributed by atoms with Gasteiger partial charge in [-0.05, 0) is 42.2 Å². The van der Waals surface area contributed by atoms with E-state index in [4.69, 9.17) is 19.3 Å². The Bertz CT molecular complexity index is 1050. The Morgan fingerprint density at radius 3 is 2.47 bits per heavy atom. The monoisotopic (exact) mass is 474 g/mol. The number of nitrogens with one attached hydrogen (secondary N) is 1. The van der Waals surface area contributed by atoms with Crippen molar-refractivity contribution in [2.45, 2.75) is 50.0 Å². The molecule has 0 bridgehead atoms. The molecule has 1 saturated heterocycles. The van der Waals surface area contributed by atoms with Crippen molar-refractivity contribution < 1.29 is 39.7 Å². The lowest BCUT2D eigenvalue weighted by atomic mass is 9.99. The molecule has 4 rings (SSSR count). The molecule has 6 N–H and O–H groups in total. The molecule has 10 nitrogen and oxygen atoms in total. The fraction of sp³-hybridized carbons (Fsp3) is 0.458. The van der Waals surface area contributed by atoms with Crippen LogP contribution in [-0.2, 0) is 17.6 Å². The number of aromatic amines is 1. The Kier molecular flexibility index (Phi) is 7.99. The van der Waals surface area contributed by atoms with Crippen LogP contribution in [0.2, 0.25) is 0 Å². The number of ether oxygens (including phenoxy) is 3. The molecule has 3 aromatic rings. The van der Waals surface area contributed by atoms with Gasteiger partial charge < -0.3 is 39.7 Å². The summed E-state index contributed by atoms with van der Waals surface area (Å²) in [5, 5.41) is 56.4. The zero-order valence-corrected chi connectivity index (χ0v) is 18.6. The number of hydrogen-bond donors (Lipinski definition) is 6. The predicted molar refractivity (Wildman–Crippen MR) is 122 cm³/mol. The van der Waals surface area contributed by atoms with Crippen molar-refractivity contribution in [2.75, 3.05) is 19.8 Å². The third-order valence-electron chi connectivity index (χ3n) is 5.90. The predicted octanol–water partition coefficient (Wildman–Crippen LogP) is 0.288. The molecule has 10 heteroatoms. The van der Waals surface area contributed by atoms with E-state index in [1.165, 1.54) is 0 Å². The van der Waals surface area contributed by atoms with Crippen molar-refractivity contribution in [3.05, 3.63) is 53.6 Å². The van der Waals surface area contributed by atoms with E-state index < -0.39 is 37.3 Å². The van der Waals surface area contributed by atoms with Crippen molar-refractivity contribution >= 4 is 10.9 Å². The lowest BCUT2D eigenvalue weighted by Gasteiger charge is -2.39. The normalized spacial score (nSPS) is 24.9. The second-order valence-electron chi connectivity index (χ2n) is 8.25. The van der Waals surface area contributed by atoms with Gasteiger partial charge in [-0.15, -0.1) is 5.10 Å². The largest absolute Gasteiger partial charge is 0.494 e. The highest BCUT2D eigenvalue weighted by atomic mass is 16.7. The van der Waals surface area contributed by atoms with E-state index in [9.17, 15) is 20.4 Å². The van der Waals surface area contributed by atoms with Gasteiger partial charge in [-0.3, -0.25) is 5.10 Å². The summed E-state index contributed by atoms with van der Waals surface area (Å²) in [7, 11) is 0. The summed E-state index contributed by atoms with van der Waals surface area (Å²) in [6.07, 6.45) is -4.86. The van der Waals surface area contributed by atoms with Gasteiger partial charge in [-0.2, -0.15) is 0 Å². The van der Waals surface area contributed by atoms with Gasteiger partial charge in [0.2, 0.25) is 12.2 Å². The number of fused-ring (bicyclic) bond motifs is 1. The molecule has 2 heterocycles. The summed E-state index contributed by atoms with van der Waals surface area (Å²) in [5.74, 6) is 0.951. The highest BCUT2D eigenvalue weighted by Gasteiger charge is 2.45. The van der Waals surface area contributed by atoms with Gasteiger partial charge in [0.05, 0.1) is 24.1 Å². The van der Waals surface area contributed by atoms with Gasteiger partial charge in [0.15, 0.2) is 0 Å². The maximum absolute atomic E-state index is 10.3. The second-order valence-corrected chi connectivity index (χ2v) is 8.25. The summed E-state index contributed by atoms with van der Waals surface area (Å²) in [4.78, 5) is 0. The van der Waals surface area contributed by atoms with Crippen molar-refractivity contribution in [3.8, 4) is 11.6 Å². The van der Waals surface area contributed by atoms with Crippen LogP contribution in [0.25, 0.3) is 10.9 Å². The van der Waals surface area contributed by atoms with E-state index in [2.05, 4.69) is 10.2 Å². The minimum absolute atomic E-state index is 0.0970. The first kappa shape index (κ1) is 24.4. The van der Waals surface area contributed by atoms with Gasteiger partial charge in [-0.1, -0.05) is 24.3 Å². The lowest BCUT2D eigenvalue weighted by molar-refractivity contribution is -0.277. The van der Waals surface area contributed by atoms with Crippen LogP contribution in [0.4, 0.5) is 0 Å². The SMILES string of the molecule is OCCCOc1ccc(CCc2cccc3[nH]nc(O[C@@H]4O[C@H](CO)[C@@H](O)[C@H](O)[C@H]4O)c23)cc1. The van der Waals surface area contributed by atoms with Crippen molar-refractivity contribution in [1.82, 2.24) is 10.2 Å². The van der Waals surface area contributed by atoms with Crippen LogP contribution in [0, 0.1) is 0 Å². The topological polar surface area (TPSA) is 158 Å². The molecule has 0 unspecified atom stereocenters. The first-order chi connectivity index (χ1) is 16.5. The first-order valence-corrected chi connectivity index (χ1v) is 11.3. The van der Waals surface area contributed by atoms with E-state index >= 15 is 0 Å². The molecular weight excluding hydrogens is 444 g/mol. The fourth-order valence-electron chi connectivity index (χ4n) is 3.97. The molecule has 0 aliphatic carbocycles. The molecule has 0 radical (unpaired) electrons. The summed E-state index contributed by atoms with van der Waals surface area (Å²) in [5.41, 5.74) is 2.82. The number of aryl methyl sites for hydroxylation is 2. The number of rotatable bonds is 10. The molecule has 1 aliphatic heterocycles. The van der Waals surface area contributed by atoms with Crippen LogP contribution in [0.15, 0.2) is 42.5 Å². The Morgan fingerprint density at radius 1 is 0.941 bits per heavy atom. The number of aliphatic hydroxyl groups excluding tert-OH is 5. The van der Waals surface area contributed by atoms with E-state index in [-0.39, 0.29) is 12.5 Å². The second kappa shape index (κ2) is 11.1. The average Bonchev–Trinajstić information content (AvgIpc) is 3.27. The zero-order valence-electron chi connectivity index (χ0n) is 18.6. The molecule has 0 spiro atoms. The van der Waals surface area contributed by atoms with Crippen molar-refractivity contribution in [1.29, 1.82) is 0 Å². The first-order valence-electron chi connectivity index (χ1n) is 11.3. The maximum Gasteiger partial charge on any atom is 0.243 e. The summed E-state index contributed by atoms with van der Waals surface area (Å²) >= 11 is 0. The Labute approximate surface area is 196 Å². The number of aliphatic hydroxyl groups is 5. The van der Waals surface area contributed by atoms with Crippen molar-refractivity contribution in [3.63, 3.8) is 0 Å². The third kappa shape index (κ3) is 5.33. The standard InChI is InChI=1S/C24H30N2O8/c27-11-2-12-32-16-9-6-14(7-10-16)5-8-15-3-1-4-17-19(15)23(26-25-17)34-24-22(31)21(30)20(29)18(13-28)33-24/h1,3-4,6-7,9-10,18,20-22,24,27-31H,2,5,8,11-13H2,(H,25,26)/t18-,20-,21+,22-,24+/m1/s1. The van der Waals surface area contributed by atoms with Gasteiger partial charge in [0.1, 0.15) is 30.2 Å². The number of benzene rings is 2. The molecule has 1 aliphatic rings. The van der Waals surface area contributed by atoms with E-state index in [0.29, 0.717) is 19.4 Å². The fourth-order valence-corrected chi connectivity index (χ4v) is 3.97. The van der Waals surface area contributed by atoms with Crippen LogP contribution in [-0.4, -0.2) is 86.3 Å². The van der Waals surface area contributed by atoms with Gasteiger partial charge in [0.25, 0.3) is 0 Å². The van der Waals surface area contributed by atoms with E-state index in [1.807, 2.05) is 42.5 Å². The Balaban J connectivity index is 1.47. The van der Waals surface area contributed by atoms with Gasteiger partial charge >= 0.3 is 0 Å². The lowest BCUT2D eigenvalue weighted by Crippen LogP contribution is -2.60. The minimum Gasteiger partial charge on any atom is -0.494 e. The van der Waals surface area contributed by atoms with Crippen LogP contribution in [0.5, 0.6) is 11.6 Å². The van der Waals surface area contributed by atoms with Gasteiger partial charge in [0, 0.05) is 13.0 Å². The van der Waals surface area contributed by atoms with Crippen LogP contribution in [0.1, 0.15) is 17.5 Å². The minimum atomic E-state index is -1.53. The number of hydrogen-bond acceptors (Lipinski definition) is 9. The van der Waals surface area contributed by atoms with E-state index in [0.717, 1.165) is 34.2 Å². The van der Waals surface area contributed by atoms with Crippen LogP contribution >= 0.6 is 0 Å². The zero-order chi connectivity index (χ0) is 24.1. The average molecular weight is 475 g/mol. The summed E-state index contributed by atoms with van der Waals surface area (Å²) in [6.45, 7) is 0.0257. The maximum atomic E-state index is 10.3.